The molecule has 0 atom stereocenters. The van der Waals surface area contributed by atoms with Crippen LogP contribution in [0.1, 0.15) is 37.1 Å². The molecule has 1 aromatic carbocycles. The van der Waals surface area contributed by atoms with Gasteiger partial charge in [0.05, 0.1) is 6.42 Å². The summed E-state index contributed by atoms with van der Waals surface area (Å²) < 4.78 is 19.2. The largest absolute Gasteiger partial charge is 0.425 e. The predicted molar refractivity (Wildman–Crippen MR) is 80.0 cm³/mol. The maximum Gasteiger partial charge on any atom is 0.221 e. The molecule has 6 heteroatoms. The zero-order chi connectivity index (χ0) is 15.1. The first-order valence-corrected chi connectivity index (χ1v) is 7.53. The van der Waals surface area contributed by atoms with Gasteiger partial charge in [0.1, 0.15) is 5.82 Å². The van der Waals surface area contributed by atoms with Crippen molar-refractivity contribution in [1.29, 1.82) is 0 Å². The first-order chi connectivity index (χ1) is 10.2. The highest BCUT2D eigenvalue weighted by Crippen LogP contribution is 2.21. The van der Waals surface area contributed by atoms with E-state index in [9.17, 15) is 4.39 Å². The topological polar surface area (TPSA) is 51.0 Å². The van der Waals surface area contributed by atoms with Gasteiger partial charge >= 0.3 is 0 Å². The Bertz CT molecular complexity index is 554. The smallest absolute Gasteiger partial charge is 0.221 e. The van der Waals surface area contributed by atoms with Gasteiger partial charge in [0.25, 0.3) is 0 Å². The SMILES string of the molecule is CCCNCCCc1nnc(Cc2c(F)cccc2Cl)o1. The molecular weight excluding hydrogens is 293 g/mol. The molecule has 4 nitrogen and oxygen atoms in total. The van der Waals surface area contributed by atoms with E-state index in [1.165, 1.54) is 6.07 Å². The number of aromatic nitrogens is 2. The number of halogens is 2. The van der Waals surface area contributed by atoms with Crippen LogP contribution in [0.25, 0.3) is 0 Å². The Hall–Kier alpha value is -1.46. The molecule has 0 saturated carbocycles. The van der Waals surface area contributed by atoms with Crippen molar-refractivity contribution in [3.63, 3.8) is 0 Å². The third kappa shape index (κ3) is 4.79. The number of benzene rings is 1. The lowest BCUT2D eigenvalue weighted by molar-refractivity contribution is 0.447. The average Bonchev–Trinajstić information content (AvgIpc) is 2.91. The first kappa shape index (κ1) is 15.9. The van der Waals surface area contributed by atoms with E-state index >= 15 is 0 Å². The highest BCUT2D eigenvalue weighted by atomic mass is 35.5. The van der Waals surface area contributed by atoms with Crippen molar-refractivity contribution in [2.45, 2.75) is 32.6 Å². The molecule has 0 bridgehead atoms. The summed E-state index contributed by atoms with van der Waals surface area (Å²) in [5.41, 5.74) is 0.388. The van der Waals surface area contributed by atoms with Gasteiger partial charge in [-0.2, -0.15) is 0 Å². The lowest BCUT2D eigenvalue weighted by Crippen LogP contribution is -2.16. The summed E-state index contributed by atoms with van der Waals surface area (Å²) in [6.45, 7) is 4.07. The molecule has 2 aromatic rings. The second-order valence-electron chi connectivity index (χ2n) is 4.82. The molecule has 0 fully saturated rings. The fourth-order valence-electron chi connectivity index (χ4n) is 1.98. The Morgan fingerprint density at radius 2 is 2.05 bits per heavy atom. The first-order valence-electron chi connectivity index (χ1n) is 7.15. The van der Waals surface area contributed by atoms with Crippen LogP contribution in [0.5, 0.6) is 0 Å². The van der Waals surface area contributed by atoms with Crippen molar-refractivity contribution in [2.24, 2.45) is 0 Å². The fourth-order valence-corrected chi connectivity index (χ4v) is 2.21. The highest BCUT2D eigenvalue weighted by molar-refractivity contribution is 6.31. The third-order valence-electron chi connectivity index (χ3n) is 3.07. The number of nitrogens with one attached hydrogen (secondary N) is 1. The molecule has 0 unspecified atom stereocenters. The van der Waals surface area contributed by atoms with Gasteiger partial charge in [-0.05, 0) is 38.1 Å². The maximum absolute atomic E-state index is 13.7. The van der Waals surface area contributed by atoms with E-state index in [-0.39, 0.29) is 12.2 Å². The van der Waals surface area contributed by atoms with E-state index < -0.39 is 0 Å². The van der Waals surface area contributed by atoms with Crippen molar-refractivity contribution in [3.05, 3.63) is 46.4 Å². The fraction of sp³-hybridized carbons (Fsp3) is 0.467. The molecule has 0 saturated heterocycles. The molecule has 21 heavy (non-hydrogen) atoms. The lowest BCUT2D eigenvalue weighted by Gasteiger charge is -2.02. The maximum atomic E-state index is 13.7. The molecule has 1 heterocycles. The minimum absolute atomic E-state index is 0.215. The molecule has 1 aromatic heterocycles. The Kier molecular flexibility index (Phi) is 6.14. The van der Waals surface area contributed by atoms with Gasteiger partial charge in [-0.1, -0.05) is 24.6 Å². The summed E-state index contributed by atoms with van der Waals surface area (Å²) in [7, 11) is 0. The van der Waals surface area contributed by atoms with E-state index in [1.807, 2.05) is 0 Å². The second-order valence-corrected chi connectivity index (χ2v) is 5.23. The van der Waals surface area contributed by atoms with Crippen LogP contribution in [-0.2, 0) is 12.8 Å². The number of nitrogens with zero attached hydrogens (tertiary/aromatic N) is 2. The molecule has 2 rings (SSSR count). The van der Waals surface area contributed by atoms with E-state index in [1.54, 1.807) is 12.1 Å². The summed E-state index contributed by atoms with van der Waals surface area (Å²) in [5.74, 6) is 0.611. The standard InChI is InChI=1S/C15H19ClFN3O/c1-2-8-18-9-4-7-14-19-20-15(21-14)10-11-12(16)5-3-6-13(11)17/h3,5-6,18H,2,4,7-10H2,1H3. The summed E-state index contributed by atoms with van der Waals surface area (Å²) in [6.07, 6.45) is 2.98. The summed E-state index contributed by atoms with van der Waals surface area (Å²) in [4.78, 5) is 0. The molecule has 1 N–H and O–H groups in total. The second kappa shape index (κ2) is 8.10. The molecule has 0 aliphatic carbocycles. The molecule has 0 spiro atoms. The van der Waals surface area contributed by atoms with Crippen molar-refractivity contribution in [1.82, 2.24) is 15.5 Å². The predicted octanol–water partition coefficient (Wildman–Crippen LogP) is 3.39. The molecule has 0 radical (unpaired) electrons. The molecule has 0 aliphatic heterocycles. The van der Waals surface area contributed by atoms with Crippen LogP contribution < -0.4 is 5.32 Å². The zero-order valence-corrected chi connectivity index (χ0v) is 12.8. The number of hydrogen-bond donors (Lipinski definition) is 1. The van der Waals surface area contributed by atoms with Crippen LogP contribution in [0.4, 0.5) is 4.39 Å². The van der Waals surface area contributed by atoms with Crippen LogP contribution in [0.3, 0.4) is 0 Å². The summed E-state index contributed by atoms with van der Waals surface area (Å²) in [5, 5.41) is 11.6. The van der Waals surface area contributed by atoms with E-state index in [0.29, 0.717) is 28.8 Å². The monoisotopic (exact) mass is 311 g/mol. The third-order valence-corrected chi connectivity index (χ3v) is 3.42. The summed E-state index contributed by atoms with van der Waals surface area (Å²) in [6, 6.07) is 4.60. The van der Waals surface area contributed by atoms with Gasteiger partial charge < -0.3 is 9.73 Å². The van der Waals surface area contributed by atoms with Crippen LogP contribution in [-0.4, -0.2) is 23.3 Å². The molecule has 114 valence electrons. The Labute approximate surface area is 128 Å². The van der Waals surface area contributed by atoms with Gasteiger partial charge in [-0.3, -0.25) is 0 Å². The van der Waals surface area contributed by atoms with Crippen LogP contribution in [0.2, 0.25) is 5.02 Å². The van der Waals surface area contributed by atoms with Gasteiger partial charge in [0, 0.05) is 17.0 Å². The summed E-state index contributed by atoms with van der Waals surface area (Å²) >= 11 is 5.98. The number of hydrogen-bond acceptors (Lipinski definition) is 4. The van der Waals surface area contributed by atoms with Crippen molar-refractivity contribution >= 4 is 11.6 Å². The van der Waals surface area contributed by atoms with Gasteiger partial charge in [0.2, 0.25) is 11.8 Å². The van der Waals surface area contributed by atoms with E-state index in [0.717, 1.165) is 25.9 Å². The molecule has 0 aliphatic rings. The Morgan fingerprint density at radius 1 is 1.24 bits per heavy atom. The van der Waals surface area contributed by atoms with E-state index in [4.69, 9.17) is 16.0 Å². The Morgan fingerprint density at radius 3 is 2.81 bits per heavy atom. The quantitative estimate of drug-likeness (QED) is 0.759. The molecule has 0 amide bonds. The normalized spacial score (nSPS) is 11.0. The van der Waals surface area contributed by atoms with Crippen molar-refractivity contribution in [3.8, 4) is 0 Å². The lowest BCUT2D eigenvalue weighted by atomic mass is 10.1. The van der Waals surface area contributed by atoms with Gasteiger partial charge in [0.15, 0.2) is 0 Å². The zero-order valence-electron chi connectivity index (χ0n) is 12.0. The minimum atomic E-state index is -0.356. The average molecular weight is 312 g/mol. The van der Waals surface area contributed by atoms with Crippen molar-refractivity contribution in [2.75, 3.05) is 13.1 Å². The number of aryl methyl sites for hydroxylation is 1. The van der Waals surface area contributed by atoms with Crippen LogP contribution >= 0.6 is 11.6 Å². The van der Waals surface area contributed by atoms with E-state index in [2.05, 4.69) is 22.4 Å². The highest BCUT2D eigenvalue weighted by Gasteiger charge is 2.12. The minimum Gasteiger partial charge on any atom is -0.425 e. The molecular formula is C15H19ClFN3O. The van der Waals surface area contributed by atoms with Crippen LogP contribution in [0, 0.1) is 5.82 Å². The van der Waals surface area contributed by atoms with Crippen molar-refractivity contribution < 1.29 is 8.81 Å². The Balaban J connectivity index is 1.88. The van der Waals surface area contributed by atoms with Gasteiger partial charge in [-0.15, -0.1) is 10.2 Å². The number of rotatable bonds is 8. The van der Waals surface area contributed by atoms with Crippen LogP contribution in [0.15, 0.2) is 22.6 Å². The van der Waals surface area contributed by atoms with Gasteiger partial charge in [-0.25, -0.2) is 4.39 Å².